The molecule has 0 saturated carbocycles. The van der Waals surface area contributed by atoms with Gasteiger partial charge < -0.3 is 9.52 Å². The van der Waals surface area contributed by atoms with Crippen LogP contribution >= 0.6 is 11.6 Å². The fraction of sp³-hybridized carbons (Fsp3) is 0.444. The summed E-state index contributed by atoms with van der Waals surface area (Å²) in [6.45, 7) is 1.52. The Hall–Kier alpha value is -1.05. The highest BCUT2D eigenvalue weighted by molar-refractivity contribution is 7.89. The van der Waals surface area contributed by atoms with E-state index >= 15 is 0 Å². The number of sulfonamides is 1. The second-order valence-electron chi connectivity index (χ2n) is 3.96. The molecule has 94 valence electrons. The third-order valence-corrected chi connectivity index (χ3v) is 5.41. The van der Waals surface area contributed by atoms with E-state index in [1.807, 2.05) is 0 Å². The van der Waals surface area contributed by atoms with Crippen molar-refractivity contribution in [1.82, 2.24) is 4.31 Å². The van der Waals surface area contributed by atoms with Gasteiger partial charge in [-0.25, -0.2) is 8.42 Å². The zero-order chi connectivity index (χ0) is 12.8. The van der Waals surface area contributed by atoms with Gasteiger partial charge in [0.15, 0.2) is 0 Å². The number of rotatable bonds is 3. The largest absolute Gasteiger partial charge is 0.480 e. The number of carboxylic acids is 1. The molecule has 6 nitrogen and oxygen atoms in total. The molecule has 8 heteroatoms. The Morgan fingerprint density at radius 2 is 2.29 bits per heavy atom. The molecular formula is C9H10ClNO5S. The number of carbonyl (C=O) groups is 1. The van der Waals surface area contributed by atoms with Gasteiger partial charge in [-0.2, -0.15) is 4.31 Å². The summed E-state index contributed by atoms with van der Waals surface area (Å²) >= 11 is 5.60. The number of nitrogens with zero attached hydrogens (tertiary/aromatic N) is 1. The summed E-state index contributed by atoms with van der Waals surface area (Å²) in [5.41, 5.74) is -1.40. The van der Waals surface area contributed by atoms with Crippen LogP contribution in [0.25, 0.3) is 0 Å². The molecule has 2 heterocycles. The first-order chi connectivity index (χ1) is 7.80. The maximum Gasteiger partial charge on any atom is 0.324 e. The van der Waals surface area contributed by atoms with Gasteiger partial charge >= 0.3 is 5.97 Å². The summed E-state index contributed by atoms with van der Waals surface area (Å²) in [4.78, 5) is 10.8. The highest BCUT2D eigenvalue weighted by Crippen LogP contribution is 2.38. The maximum atomic E-state index is 12.1. The second-order valence-corrected chi connectivity index (χ2v) is 6.14. The smallest absolute Gasteiger partial charge is 0.324 e. The maximum absolute atomic E-state index is 12.1. The fourth-order valence-corrected chi connectivity index (χ4v) is 3.88. The number of carboxylic acid groups (broad SMARTS) is 1. The quantitative estimate of drug-likeness (QED) is 0.897. The minimum absolute atomic E-state index is 0.159. The Morgan fingerprint density at radius 3 is 2.65 bits per heavy atom. The SMILES string of the molecule is CC1(C(=O)O)CCN1S(=O)(=O)c1ccoc1Cl. The number of halogens is 1. The van der Waals surface area contributed by atoms with Gasteiger partial charge in [0.25, 0.3) is 0 Å². The molecule has 17 heavy (non-hydrogen) atoms. The zero-order valence-corrected chi connectivity index (χ0v) is 10.5. The second kappa shape index (κ2) is 3.72. The van der Waals surface area contributed by atoms with E-state index in [0.29, 0.717) is 0 Å². The molecule has 2 rings (SSSR count). The third kappa shape index (κ3) is 1.65. The van der Waals surface area contributed by atoms with Gasteiger partial charge in [0, 0.05) is 6.54 Å². The Balaban J connectivity index is 2.43. The van der Waals surface area contributed by atoms with Crippen LogP contribution in [0.4, 0.5) is 0 Å². The molecule has 1 fully saturated rings. The van der Waals surface area contributed by atoms with E-state index in [2.05, 4.69) is 0 Å². The van der Waals surface area contributed by atoms with E-state index in [4.69, 9.17) is 21.1 Å². The molecular weight excluding hydrogens is 270 g/mol. The predicted molar refractivity (Wildman–Crippen MR) is 58.3 cm³/mol. The number of hydrogen-bond donors (Lipinski definition) is 1. The van der Waals surface area contributed by atoms with Crippen LogP contribution < -0.4 is 0 Å². The first kappa shape index (κ1) is 12.4. The molecule has 1 N–H and O–H groups in total. The van der Waals surface area contributed by atoms with Crippen molar-refractivity contribution in [2.24, 2.45) is 0 Å². The van der Waals surface area contributed by atoms with E-state index in [1.165, 1.54) is 13.0 Å². The van der Waals surface area contributed by atoms with Gasteiger partial charge in [-0.3, -0.25) is 4.79 Å². The summed E-state index contributed by atoms with van der Waals surface area (Å²) in [6.07, 6.45) is 1.42. The molecule has 1 aromatic heterocycles. The lowest BCUT2D eigenvalue weighted by Crippen LogP contribution is -2.64. The lowest BCUT2D eigenvalue weighted by atomic mass is 9.90. The molecule has 0 spiro atoms. The Morgan fingerprint density at radius 1 is 1.65 bits per heavy atom. The Kier molecular flexibility index (Phi) is 2.72. The van der Waals surface area contributed by atoms with Crippen LogP contribution in [0.15, 0.2) is 21.6 Å². The lowest BCUT2D eigenvalue weighted by molar-refractivity contribution is -0.153. The van der Waals surface area contributed by atoms with Gasteiger partial charge in [-0.1, -0.05) is 0 Å². The number of hydrogen-bond acceptors (Lipinski definition) is 4. The highest BCUT2D eigenvalue weighted by Gasteiger charge is 2.54. The molecule has 0 aliphatic carbocycles. The van der Waals surface area contributed by atoms with Gasteiger partial charge in [0.1, 0.15) is 10.4 Å². The normalized spacial score (nSPS) is 25.5. The first-order valence-corrected chi connectivity index (χ1v) is 6.61. The van der Waals surface area contributed by atoms with Crippen molar-refractivity contribution in [3.8, 4) is 0 Å². The number of aliphatic carboxylic acids is 1. The summed E-state index contributed by atoms with van der Waals surface area (Å²) in [7, 11) is -3.92. The minimum atomic E-state index is -3.92. The van der Waals surface area contributed by atoms with Crippen LogP contribution in [0.5, 0.6) is 0 Å². The van der Waals surface area contributed by atoms with Crippen LogP contribution in [0.3, 0.4) is 0 Å². The minimum Gasteiger partial charge on any atom is -0.480 e. The molecule has 0 radical (unpaired) electrons. The van der Waals surface area contributed by atoms with Gasteiger partial charge in [-0.15, -0.1) is 0 Å². The number of furan rings is 1. The molecule has 1 saturated heterocycles. The van der Waals surface area contributed by atoms with Crippen LogP contribution in [0.1, 0.15) is 13.3 Å². The fourth-order valence-electron chi connectivity index (χ4n) is 1.72. The third-order valence-electron chi connectivity index (χ3n) is 2.97. The highest BCUT2D eigenvalue weighted by atomic mass is 35.5. The molecule has 0 amide bonds. The lowest BCUT2D eigenvalue weighted by Gasteiger charge is -2.45. The van der Waals surface area contributed by atoms with Crippen molar-refractivity contribution < 1.29 is 22.7 Å². The Bertz CT molecular complexity index is 566. The van der Waals surface area contributed by atoms with E-state index in [-0.39, 0.29) is 23.1 Å². The van der Waals surface area contributed by atoms with Crippen molar-refractivity contribution in [3.05, 3.63) is 17.5 Å². The van der Waals surface area contributed by atoms with Crippen LogP contribution in [0, 0.1) is 0 Å². The molecule has 1 unspecified atom stereocenters. The van der Waals surface area contributed by atoms with E-state index in [1.54, 1.807) is 0 Å². The average molecular weight is 280 g/mol. The van der Waals surface area contributed by atoms with E-state index in [0.717, 1.165) is 10.6 Å². The van der Waals surface area contributed by atoms with Crippen molar-refractivity contribution in [1.29, 1.82) is 0 Å². The molecule has 1 atom stereocenters. The molecule has 0 bridgehead atoms. The van der Waals surface area contributed by atoms with Crippen molar-refractivity contribution in [2.45, 2.75) is 23.8 Å². The summed E-state index contributed by atoms with van der Waals surface area (Å²) in [6, 6.07) is 1.21. The van der Waals surface area contributed by atoms with Crippen molar-refractivity contribution in [3.63, 3.8) is 0 Å². The monoisotopic (exact) mass is 279 g/mol. The predicted octanol–water partition coefficient (Wildman–Crippen LogP) is 1.17. The van der Waals surface area contributed by atoms with Gasteiger partial charge in [0.2, 0.25) is 15.2 Å². The standard InChI is InChI=1S/C9H10ClNO5S/c1-9(8(12)13)3-4-11(9)17(14,15)6-2-5-16-7(6)10/h2,5H,3-4H2,1H3,(H,12,13). The molecule has 1 aromatic rings. The topological polar surface area (TPSA) is 87.8 Å². The van der Waals surface area contributed by atoms with E-state index in [9.17, 15) is 13.2 Å². The van der Waals surface area contributed by atoms with Crippen LogP contribution in [0.2, 0.25) is 5.22 Å². The van der Waals surface area contributed by atoms with Gasteiger partial charge in [-0.05, 0) is 31.0 Å². The summed E-state index contributed by atoms with van der Waals surface area (Å²) in [5.74, 6) is -1.17. The summed E-state index contributed by atoms with van der Waals surface area (Å²) < 4.78 is 29.9. The van der Waals surface area contributed by atoms with Crippen molar-refractivity contribution >= 4 is 27.6 Å². The van der Waals surface area contributed by atoms with E-state index < -0.39 is 21.5 Å². The van der Waals surface area contributed by atoms with Crippen LogP contribution in [-0.4, -0.2) is 35.9 Å². The molecule has 1 aliphatic rings. The van der Waals surface area contributed by atoms with Crippen LogP contribution in [-0.2, 0) is 14.8 Å². The van der Waals surface area contributed by atoms with Crippen molar-refractivity contribution in [2.75, 3.05) is 6.54 Å². The molecule has 0 aromatic carbocycles. The molecule has 1 aliphatic heterocycles. The first-order valence-electron chi connectivity index (χ1n) is 4.79. The average Bonchev–Trinajstić information content (AvgIpc) is 2.61. The van der Waals surface area contributed by atoms with Gasteiger partial charge in [0.05, 0.1) is 6.26 Å². The Labute approximate surface area is 103 Å². The zero-order valence-electron chi connectivity index (χ0n) is 8.88. The summed E-state index contributed by atoms with van der Waals surface area (Å²) in [5, 5.41) is 8.77.